The summed E-state index contributed by atoms with van der Waals surface area (Å²) in [6, 6.07) is 6.34. The molecule has 1 aliphatic heterocycles. The van der Waals surface area contributed by atoms with Gasteiger partial charge in [0.05, 0.1) is 13.2 Å². The van der Waals surface area contributed by atoms with Gasteiger partial charge in [0.15, 0.2) is 0 Å². The van der Waals surface area contributed by atoms with Gasteiger partial charge >= 0.3 is 0 Å². The lowest BCUT2D eigenvalue weighted by atomic mass is 9.81. The summed E-state index contributed by atoms with van der Waals surface area (Å²) in [6.07, 6.45) is 7.70. The summed E-state index contributed by atoms with van der Waals surface area (Å²) >= 11 is 0. The third-order valence-electron chi connectivity index (χ3n) is 6.04. The third kappa shape index (κ3) is 3.82. The van der Waals surface area contributed by atoms with Crippen LogP contribution in [-0.2, 0) is 9.53 Å². The molecule has 1 aliphatic carbocycles. The van der Waals surface area contributed by atoms with Crippen molar-refractivity contribution in [3.63, 3.8) is 0 Å². The van der Waals surface area contributed by atoms with E-state index in [2.05, 4.69) is 28.6 Å². The number of ether oxygens (including phenoxy) is 2. The molecule has 0 spiro atoms. The summed E-state index contributed by atoms with van der Waals surface area (Å²) in [5, 5.41) is 4.45. The second-order valence-corrected chi connectivity index (χ2v) is 7.78. The highest BCUT2D eigenvalue weighted by atomic mass is 16.5. The first-order valence-corrected chi connectivity index (χ1v) is 9.99. The molecule has 0 bridgehead atoms. The first kappa shape index (κ1) is 18.3. The molecule has 4 rings (SSSR count). The van der Waals surface area contributed by atoms with Crippen LogP contribution in [0.25, 0.3) is 10.9 Å². The Hall–Kier alpha value is -2.05. The molecular weight excluding hydrogens is 342 g/mol. The first-order chi connectivity index (χ1) is 13.2. The Kier molecular flexibility index (Phi) is 5.36. The zero-order valence-electron chi connectivity index (χ0n) is 15.9. The van der Waals surface area contributed by atoms with E-state index in [1.807, 2.05) is 6.07 Å². The number of carbonyl (C=O) groups is 1. The Morgan fingerprint density at radius 1 is 1.33 bits per heavy atom. The molecular formula is C21H29N3O3. The summed E-state index contributed by atoms with van der Waals surface area (Å²) in [7, 11) is 1.69. The SMILES string of the molecule is COc1ccc2[nH]cc([C@@H]3CCC[C@H](NC(=O)[C@@H]4CCC(CN)O4)C3)c2c1. The van der Waals surface area contributed by atoms with Crippen LogP contribution in [0.5, 0.6) is 5.75 Å². The average molecular weight is 371 g/mol. The molecule has 2 aromatic rings. The predicted octanol–water partition coefficient (Wildman–Crippen LogP) is 2.83. The minimum absolute atomic E-state index is 0.0252. The molecule has 6 nitrogen and oxygen atoms in total. The van der Waals surface area contributed by atoms with E-state index in [1.165, 1.54) is 10.9 Å². The normalized spacial score (nSPS) is 28.4. The molecule has 146 valence electrons. The van der Waals surface area contributed by atoms with E-state index < -0.39 is 0 Å². The number of carbonyl (C=O) groups excluding carboxylic acids is 1. The fourth-order valence-corrected chi connectivity index (χ4v) is 4.56. The smallest absolute Gasteiger partial charge is 0.249 e. The van der Waals surface area contributed by atoms with Gasteiger partial charge in [-0.15, -0.1) is 0 Å². The van der Waals surface area contributed by atoms with E-state index >= 15 is 0 Å². The van der Waals surface area contributed by atoms with Crippen LogP contribution in [0.3, 0.4) is 0 Å². The highest BCUT2D eigenvalue weighted by Crippen LogP contribution is 2.37. The van der Waals surface area contributed by atoms with E-state index in [-0.39, 0.29) is 24.2 Å². The van der Waals surface area contributed by atoms with Crippen molar-refractivity contribution >= 4 is 16.8 Å². The zero-order chi connectivity index (χ0) is 18.8. The van der Waals surface area contributed by atoms with E-state index in [9.17, 15) is 4.79 Å². The molecule has 1 unspecified atom stereocenters. The fraction of sp³-hybridized carbons (Fsp3) is 0.571. The van der Waals surface area contributed by atoms with Crippen molar-refractivity contribution in [2.75, 3.05) is 13.7 Å². The lowest BCUT2D eigenvalue weighted by Crippen LogP contribution is -2.43. The number of rotatable bonds is 5. The quantitative estimate of drug-likeness (QED) is 0.754. The highest BCUT2D eigenvalue weighted by Gasteiger charge is 2.32. The lowest BCUT2D eigenvalue weighted by Gasteiger charge is -2.30. The molecule has 4 atom stereocenters. The molecule has 1 saturated carbocycles. The van der Waals surface area contributed by atoms with Crippen LogP contribution >= 0.6 is 0 Å². The van der Waals surface area contributed by atoms with E-state index in [1.54, 1.807) is 7.11 Å². The number of amides is 1. The van der Waals surface area contributed by atoms with Crippen molar-refractivity contribution in [1.29, 1.82) is 0 Å². The number of nitrogens with one attached hydrogen (secondary N) is 2. The summed E-state index contributed by atoms with van der Waals surface area (Å²) in [5.41, 5.74) is 8.10. The summed E-state index contributed by atoms with van der Waals surface area (Å²) in [4.78, 5) is 15.9. The maximum Gasteiger partial charge on any atom is 0.249 e. The highest BCUT2D eigenvalue weighted by molar-refractivity contribution is 5.85. The average Bonchev–Trinajstić information content (AvgIpc) is 3.34. The van der Waals surface area contributed by atoms with E-state index in [0.717, 1.165) is 49.8 Å². The Morgan fingerprint density at radius 3 is 3.00 bits per heavy atom. The Labute approximate surface area is 159 Å². The van der Waals surface area contributed by atoms with Gasteiger partial charge in [-0.1, -0.05) is 6.42 Å². The summed E-state index contributed by atoms with van der Waals surface area (Å²) in [6.45, 7) is 0.485. The number of aromatic amines is 1. The van der Waals surface area contributed by atoms with Gasteiger partial charge in [0, 0.05) is 29.7 Å². The molecule has 4 N–H and O–H groups in total. The van der Waals surface area contributed by atoms with Crippen LogP contribution in [0.15, 0.2) is 24.4 Å². The minimum Gasteiger partial charge on any atom is -0.497 e. The first-order valence-electron chi connectivity index (χ1n) is 9.99. The van der Waals surface area contributed by atoms with Crippen LogP contribution in [0.1, 0.15) is 50.0 Å². The van der Waals surface area contributed by atoms with Gasteiger partial charge in [0.25, 0.3) is 0 Å². The fourth-order valence-electron chi connectivity index (χ4n) is 4.56. The number of H-pyrrole nitrogens is 1. The van der Waals surface area contributed by atoms with Crippen LogP contribution in [0.4, 0.5) is 0 Å². The number of aromatic nitrogens is 1. The second kappa shape index (κ2) is 7.90. The zero-order valence-corrected chi connectivity index (χ0v) is 15.9. The molecule has 1 saturated heterocycles. The Bertz CT molecular complexity index is 803. The molecule has 27 heavy (non-hydrogen) atoms. The maximum absolute atomic E-state index is 12.6. The molecule has 0 radical (unpaired) electrons. The van der Waals surface area contributed by atoms with Gasteiger partial charge in [0.1, 0.15) is 11.9 Å². The van der Waals surface area contributed by atoms with Crippen LogP contribution in [0, 0.1) is 0 Å². The monoisotopic (exact) mass is 371 g/mol. The lowest BCUT2D eigenvalue weighted by molar-refractivity contribution is -0.132. The van der Waals surface area contributed by atoms with Crippen LogP contribution in [0.2, 0.25) is 0 Å². The van der Waals surface area contributed by atoms with Crippen molar-refractivity contribution in [2.45, 2.75) is 62.7 Å². The molecule has 6 heteroatoms. The van der Waals surface area contributed by atoms with Crippen LogP contribution in [-0.4, -0.2) is 42.8 Å². The Balaban J connectivity index is 1.43. The number of methoxy groups -OCH3 is 1. The van der Waals surface area contributed by atoms with E-state index in [0.29, 0.717) is 12.5 Å². The largest absolute Gasteiger partial charge is 0.497 e. The second-order valence-electron chi connectivity index (χ2n) is 7.78. The number of fused-ring (bicyclic) bond motifs is 1. The van der Waals surface area contributed by atoms with Crippen molar-refractivity contribution in [1.82, 2.24) is 10.3 Å². The van der Waals surface area contributed by atoms with Crippen LogP contribution < -0.4 is 15.8 Å². The number of hydrogen-bond acceptors (Lipinski definition) is 4. The third-order valence-corrected chi connectivity index (χ3v) is 6.04. The van der Waals surface area contributed by atoms with Crippen molar-refractivity contribution in [3.8, 4) is 5.75 Å². The molecule has 2 fully saturated rings. The number of benzene rings is 1. The summed E-state index contributed by atoms with van der Waals surface area (Å²) in [5.74, 6) is 1.33. The standard InChI is InChI=1S/C21H29N3O3/c1-26-15-5-7-19-17(10-15)18(12-23-19)13-3-2-4-14(9-13)24-21(25)20-8-6-16(11-22)27-20/h5,7,10,12-14,16,20,23H,2-4,6,8-9,11,22H2,1H3,(H,24,25)/t13-,14+,16?,20+/m1/s1. The van der Waals surface area contributed by atoms with Crippen molar-refractivity contribution < 1.29 is 14.3 Å². The van der Waals surface area contributed by atoms with Gasteiger partial charge in [0.2, 0.25) is 5.91 Å². The molecule has 1 aromatic heterocycles. The van der Waals surface area contributed by atoms with E-state index in [4.69, 9.17) is 15.2 Å². The Morgan fingerprint density at radius 2 is 2.22 bits per heavy atom. The predicted molar refractivity (Wildman–Crippen MR) is 105 cm³/mol. The van der Waals surface area contributed by atoms with Gasteiger partial charge < -0.3 is 25.5 Å². The van der Waals surface area contributed by atoms with Gasteiger partial charge in [-0.3, -0.25) is 4.79 Å². The molecule has 2 heterocycles. The molecule has 2 aliphatic rings. The molecule has 1 amide bonds. The topological polar surface area (TPSA) is 89.4 Å². The number of nitrogens with two attached hydrogens (primary N) is 1. The van der Waals surface area contributed by atoms with Crippen molar-refractivity contribution in [3.05, 3.63) is 30.0 Å². The summed E-state index contributed by atoms with van der Waals surface area (Å²) < 4.78 is 11.1. The van der Waals surface area contributed by atoms with Gasteiger partial charge in [-0.25, -0.2) is 0 Å². The van der Waals surface area contributed by atoms with Crippen molar-refractivity contribution in [2.24, 2.45) is 5.73 Å². The maximum atomic E-state index is 12.6. The minimum atomic E-state index is -0.337. The van der Waals surface area contributed by atoms with Gasteiger partial charge in [-0.2, -0.15) is 0 Å². The molecule has 1 aromatic carbocycles. The number of hydrogen-bond donors (Lipinski definition) is 3. The van der Waals surface area contributed by atoms with Gasteiger partial charge in [-0.05, 0) is 61.8 Å².